The number of nitrogens with one attached hydrogen (secondary N) is 2. The lowest BCUT2D eigenvalue weighted by atomic mass is 9.86. The molecule has 0 radical (unpaired) electrons. The minimum atomic E-state index is -0.531. The van der Waals surface area contributed by atoms with Crippen LogP contribution in [0.5, 0.6) is 11.5 Å². The number of nitro groups is 1. The van der Waals surface area contributed by atoms with Gasteiger partial charge in [0.2, 0.25) is 0 Å². The van der Waals surface area contributed by atoms with Crippen molar-refractivity contribution in [1.29, 1.82) is 0 Å². The van der Waals surface area contributed by atoms with Crippen molar-refractivity contribution in [3.05, 3.63) is 57.6 Å². The number of esters is 1. The molecule has 2 aromatic carbocycles. The van der Waals surface area contributed by atoms with E-state index in [-0.39, 0.29) is 35.7 Å². The highest BCUT2D eigenvalue weighted by atomic mass is 16.6. The van der Waals surface area contributed by atoms with Crippen molar-refractivity contribution < 1.29 is 28.7 Å². The van der Waals surface area contributed by atoms with Gasteiger partial charge in [-0.05, 0) is 49.4 Å². The molecule has 10 nitrogen and oxygen atoms in total. The molecule has 0 aromatic heterocycles. The number of benzene rings is 2. The van der Waals surface area contributed by atoms with Gasteiger partial charge in [-0.25, -0.2) is 0 Å². The topological polar surface area (TPSA) is 129 Å². The number of anilines is 1. The normalized spacial score (nSPS) is 17.4. The van der Waals surface area contributed by atoms with Crippen molar-refractivity contribution in [1.82, 2.24) is 5.32 Å². The van der Waals surface area contributed by atoms with Crippen LogP contribution in [-0.2, 0) is 16.1 Å². The van der Waals surface area contributed by atoms with E-state index in [2.05, 4.69) is 10.6 Å². The first-order valence-corrected chi connectivity index (χ1v) is 11.0. The number of nitrogens with zero attached hydrogens (tertiary/aromatic N) is 1. The van der Waals surface area contributed by atoms with Gasteiger partial charge in [-0.1, -0.05) is 6.07 Å². The zero-order valence-electron chi connectivity index (χ0n) is 19.5. The maximum Gasteiger partial charge on any atom is 0.308 e. The van der Waals surface area contributed by atoms with E-state index in [1.54, 1.807) is 24.3 Å². The fourth-order valence-corrected chi connectivity index (χ4v) is 4.09. The Kier molecular flexibility index (Phi) is 8.29. The molecule has 1 aliphatic carbocycles. The zero-order chi connectivity index (χ0) is 24.7. The molecule has 2 N–H and O–H groups in total. The van der Waals surface area contributed by atoms with Gasteiger partial charge in [0.05, 0.1) is 37.7 Å². The first kappa shape index (κ1) is 24.8. The Bertz CT molecular complexity index is 1050. The van der Waals surface area contributed by atoms with Gasteiger partial charge in [-0.3, -0.25) is 19.7 Å². The van der Waals surface area contributed by atoms with E-state index in [0.29, 0.717) is 30.0 Å². The third-order valence-electron chi connectivity index (χ3n) is 5.98. The molecule has 1 amide bonds. The lowest BCUT2D eigenvalue weighted by Gasteiger charge is -2.29. The van der Waals surface area contributed by atoms with Gasteiger partial charge in [-0.2, -0.15) is 0 Å². The largest absolute Gasteiger partial charge is 0.493 e. The molecule has 0 saturated heterocycles. The number of rotatable bonds is 9. The van der Waals surface area contributed by atoms with E-state index in [1.807, 2.05) is 0 Å². The number of amides is 1. The summed E-state index contributed by atoms with van der Waals surface area (Å²) >= 11 is 0. The summed E-state index contributed by atoms with van der Waals surface area (Å²) in [6.07, 6.45) is 2.81. The smallest absolute Gasteiger partial charge is 0.308 e. The van der Waals surface area contributed by atoms with Crippen LogP contribution in [0.3, 0.4) is 0 Å². The number of hydrogen-bond acceptors (Lipinski definition) is 8. The minimum absolute atomic E-state index is 0.0414. The van der Waals surface area contributed by atoms with Gasteiger partial charge in [0, 0.05) is 30.4 Å². The monoisotopic (exact) mass is 471 g/mol. The van der Waals surface area contributed by atoms with Crippen molar-refractivity contribution in [2.24, 2.45) is 5.92 Å². The van der Waals surface area contributed by atoms with Gasteiger partial charge in [-0.15, -0.1) is 0 Å². The average molecular weight is 472 g/mol. The Morgan fingerprint density at radius 2 is 1.71 bits per heavy atom. The van der Waals surface area contributed by atoms with Crippen LogP contribution in [0.4, 0.5) is 11.4 Å². The maximum absolute atomic E-state index is 13.0. The van der Waals surface area contributed by atoms with Crippen LogP contribution in [0, 0.1) is 16.0 Å². The predicted octanol–water partition coefficient (Wildman–Crippen LogP) is 3.69. The van der Waals surface area contributed by atoms with E-state index in [0.717, 1.165) is 18.4 Å². The van der Waals surface area contributed by atoms with Gasteiger partial charge in [0.25, 0.3) is 11.6 Å². The van der Waals surface area contributed by atoms with Crippen LogP contribution < -0.4 is 20.1 Å². The van der Waals surface area contributed by atoms with Gasteiger partial charge < -0.3 is 24.8 Å². The number of ether oxygens (including phenoxy) is 3. The summed E-state index contributed by atoms with van der Waals surface area (Å²) in [5.74, 6) is 0.344. The summed E-state index contributed by atoms with van der Waals surface area (Å²) in [4.78, 5) is 35.6. The number of carbonyl (C=O) groups excluding carboxylic acids is 2. The van der Waals surface area contributed by atoms with E-state index < -0.39 is 10.8 Å². The van der Waals surface area contributed by atoms with Gasteiger partial charge >= 0.3 is 5.97 Å². The number of nitro benzene ring substituents is 1. The quantitative estimate of drug-likeness (QED) is 0.322. The number of non-ortho nitro benzene ring substituents is 1. The molecule has 182 valence electrons. The molecule has 34 heavy (non-hydrogen) atoms. The summed E-state index contributed by atoms with van der Waals surface area (Å²) in [6.45, 7) is 0.200. The summed E-state index contributed by atoms with van der Waals surface area (Å²) in [5, 5.41) is 17.5. The van der Waals surface area contributed by atoms with Crippen LogP contribution in [0.2, 0.25) is 0 Å². The molecule has 1 fully saturated rings. The van der Waals surface area contributed by atoms with Crippen molar-refractivity contribution in [2.45, 2.75) is 38.3 Å². The molecular weight excluding hydrogens is 442 g/mol. The lowest BCUT2D eigenvalue weighted by molar-refractivity contribution is -0.384. The van der Waals surface area contributed by atoms with Crippen molar-refractivity contribution >= 4 is 23.3 Å². The highest BCUT2D eigenvalue weighted by Crippen LogP contribution is 2.30. The van der Waals surface area contributed by atoms with Gasteiger partial charge in [0.15, 0.2) is 11.5 Å². The zero-order valence-corrected chi connectivity index (χ0v) is 19.5. The third kappa shape index (κ3) is 5.94. The number of hydrogen-bond donors (Lipinski definition) is 2. The number of carbonyl (C=O) groups is 2. The Labute approximate surface area is 197 Å². The van der Waals surface area contributed by atoms with E-state index in [4.69, 9.17) is 14.2 Å². The van der Waals surface area contributed by atoms with Crippen LogP contribution >= 0.6 is 0 Å². The summed E-state index contributed by atoms with van der Waals surface area (Å²) in [6, 6.07) is 9.53. The summed E-state index contributed by atoms with van der Waals surface area (Å²) in [5.41, 5.74) is 1.31. The Hall–Kier alpha value is -3.82. The van der Waals surface area contributed by atoms with Gasteiger partial charge in [0.1, 0.15) is 0 Å². The first-order chi connectivity index (χ1) is 16.4. The fraction of sp³-hybridized carbons (Fsp3) is 0.417. The molecular formula is C24H29N3O7. The second kappa shape index (κ2) is 11.4. The maximum atomic E-state index is 13.0. The van der Waals surface area contributed by atoms with Crippen molar-refractivity contribution in [3.63, 3.8) is 0 Å². The molecule has 10 heteroatoms. The Balaban J connectivity index is 1.73. The standard InChI is InChI=1S/C24H29N3O7/c1-32-21-11-4-15(12-22(21)33-2)14-25-23(28)19-13-18(27(30)31)9-10-20(19)26-17-7-5-16(6-8-17)24(29)34-3/h4,9-13,16-17,26H,5-8,14H2,1-3H3,(H,25,28). The first-order valence-electron chi connectivity index (χ1n) is 11.0. The van der Waals surface area contributed by atoms with E-state index in [1.165, 1.54) is 33.5 Å². The molecule has 1 aliphatic rings. The second-order valence-corrected chi connectivity index (χ2v) is 8.08. The van der Waals surface area contributed by atoms with Crippen molar-refractivity contribution in [3.8, 4) is 11.5 Å². The Morgan fingerprint density at radius 1 is 1.00 bits per heavy atom. The SMILES string of the molecule is COC(=O)C1CCC(Nc2ccc([N+](=O)[O-])cc2C(=O)NCc2ccc(OC)c(OC)c2)CC1. The molecule has 0 aliphatic heterocycles. The summed E-state index contributed by atoms with van der Waals surface area (Å²) < 4.78 is 15.3. The minimum Gasteiger partial charge on any atom is -0.493 e. The van der Waals surface area contributed by atoms with Crippen LogP contribution in [0.15, 0.2) is 36.4 Å². The molecule has 2 aromatic rings. The molecule has 0 spiro atoms. The molecule has 3 rings (SSSR count). The highest BCUT2D eigenvalue weighted by molar-refractivity contribution is 6.00. The Morgan fingerprint density at radius 3 is 2.32 bits per heavy atom. The lowest BCUT2D eigenvalue weighted by Crippen LogP contribution is -2.31. The fourth-order valence-electron chi connectivity index (χ4n) is 4.09. The van der Waals surface area contributed by atoms with Crippen LogP contribution in [0.1, 0.15) is 41.6 Å². The third-order valence-corrected chi connectivity index (χ3v) is 5.98. The van der Waals surface area contributed by atoms with E-state index in [9.17, 15) is 19.7 Å². The molecule has 0 bridgehead atoms. The summed E-state index contributed by atoms with van der Waals surface area (Å²) in [7, 11) is 4.45. The van der Waals surface area contributed by atoms with E-state index >= 15 is 0 Å². The van der Waals surface area contributed by atoms with Crippen molar-refractivity contribution in [2.75, 3.05) is 26.6 Å². The molecule has 0 atom stereocenters. The predicted molar refractivity (Wildman–Crippen MR) is 125 cm³/mol. The number of methoxy groups -OCH3 is 3. The second-order valence-electron chi connectivity index (χ2n) is 8.08. The molecule has 0 heterocycles. The highest BCUT2D eigenvalue weighted by Gasteiger charge is 2.28. The average Bonchev–Trinajstić information content (AvgIpc) is 2.87. The van der Waals surface area contributed by atoms with Crippen LogP contribution in [-0.4, -0.2) is 44.2 Å². The van der Waals surface area contributed by atoms with Crippen LogP contribution in [0.25, 0.3) is 0 Å². The molecule has 1 saturated carbocycles. The molecule has 0 unspecified atom stereocenters.